The van der Waals surface area contributed by atoms with Crippen LogP contribution in [0.1, 0.15) is 12.8 Å². The molecule has 3 heteroatoms. The van der Waals surface area contributed by atoms with Crippen molar-refractivity contribution in [1.82, 2.24) is 0 Å². The minimum Gasteiger partial charge on any atom is -0.505 e. The highest BCUT2D eigenvalue weighted by Gasteiger charge is 2.47. The molecular formula is C10H16O3. The molecule has 0 radical (unpaired) electrons. The second-order valence-corrected chi connectivity index (χ2v) is 3.78. The lowest BCUT2D eigenvalue weighted by molar-refractivity contribution is 0.0790. The number of hydrogen-bond acceptors (Lipinski definition) is 3. The van der Waals surface area contributed by atoms with Gasteiger partial charge in [0.2, 0.25) is 0 Å². The molecule has 0 spiro atoms. The maximum absolute atomic E-state index is 9.20. The number of hydrogen-bond donors (Lipinski definition) is 1. The van der Waals surface area contributed by atoms with Crippen LogP contribution in [0.2, 0.25) is 0 Å². The molecule has 4 unspecified atom stereocenters. The van der Waals surface area contributed by atoms with Crippen molar-refractivity contribution >= 4 is 0 Å². The monoisotopic (exact) mass is 184 g/mol. The molecular weight excluding hydrogens is 168 g/mol. The molecule has 0 aromatic heterocycles. The molecule has 74 valence electrons. The molecule has 4 atom stereocenters. The Hall–Kier alpha value is -0.540. The van der Waals surface area contributed by atoms with E-state index in [-0.39, 0.29) is 18.6 Å². The van der Waals surface area contributed by atoms with Gasteiger partial charge in [0.05, 0.1) is 25.6 Å². The van der Waals surface area contributed by atoms with Crippen molar-refractivity contribution in [3.63, 3.8) is 0 Å². The summed E-state index contributed by atoms with van der Waals surface area (Å²) in [6, 6.07) is 0. The lowest BCUT2D eigenvalue weighted by atomic mass is 9.80. The zero-order valence-electron chi connectivity index (χ0n) is 7.85. The van der Waals surface area contributed by atoms with Gasteiger partial charge < -0.3 is 14.6 Å². The lowest BCUT2D eigenvalue weighted by Crippen LogP contribution is -2.28. The van der Waals surface area contributed by atoms with E-state index in [1.54, 1.807) is 13.4 Å². The van der Waals surface area contributed by atoms with Crippen LogP contribution in [-0.2, 0) is 9.47 Å². The topological polar surface area (TPSA) is 38.7 Å². The molecule has 3 nitrogen and oxygen atoms in total. The number of rotatable bonds is 3. The minimum atomic E-state index is 0.222. The van der Waals surface area contributed by atoms with Crippen LogP contribution in [0, 0.1) is 11.8 Å². The summed E-state index contributed by atoms with van der Waals surface area (Å²) in [5.41, 5.74) is 0. The van der Waals surface area contributed by atoms with E-state index < -0.39 is 0 Å². The Morgan fingerprint density at radius 2 is 2.23 bits per heavy atom. The third-order valence-electron chi connectivity index (χ3n) is 3.13. The fourth-order valence-electron chi connectivity index (χ4n) is 2.49. The van der Waals surface area contributed by atoms with Crippen LogP contribution in [0.15, 0.2) is 12.3 Å². The fourth-order valence-corrected chi connectivity index (χ4v) is 2.49. The van der Waals surface area contributed by atoms with E-state index in [2.05, 4.69) is 0 Å². The molecule has 0 amide bonds. The van der Waals surface area contributed by atoms with E-state index in [9.17, 15) is 5.11 Å². The average Bonchev–Trinajstić information content (AvgIpc) is 2.73. The first kappa shape index (κ1) is 9.03. The van der Waals surface area contributed by atoms with E-state index in [0.717, 1.165) is 12.8 Å². The molecule has 2 heterocycles. The molecule has 2 fully saturated rings. The molecule has 2 bridgehead atoms. The highest BCUT2D eigenvalue weighted by Crippen LogP contribution is 2.43. The summed E-state index contributed by atoms with van der Waals surface area (Å²) in [7, 11) is 1.64. The number of aliphatic hydroxyl groups excluding tert-OH is 1. The minimum absolute atomic E-state index is 0.222. The molecule has 0 saturated carbocycles. The van der Waals surface area contributed by atoms with E-state index in [1.807, 2.05) is 6.08 Å². The van der Waals surface area contributed by atoms with Crippen LogP contribution >= 0.6 is 0 Å². The predicted molar refractivity (Wildman–Crippen MR) is 48.1 cm³/mol. The average molecular weight is 184 g/mol. The Labute approximate surface area is 78.3 Å². The van der Waals surface area contributed by atoms with Crippen LogP contribution in [-0.4, -0.2) is 31.0 Å². The number of aliphatic hydroxyl groups is 1. The summed E-state index contributed by atoms with van der Waals surface area (Å²) in [5.74, 6) is 0.633. The highest BCUT2D eigenvalue weighted by molar-refractivity contribution is 5.03. The van der Waals surface area contributed by atoms with Gasteiger partial charge in [-0.25, -0.2) is 0 Å². The van der Waals surface area contributed by atoms with E-state index in [0.29, 0.717) is 12.0 Å². The first-order valence-corrected chi connectivity index (χ1v) is 4.82. The third-order valence-corrected chi connectivity index (χ3v) is 3.13. The predicted octanol–water partition coefficient (Wildman–Crippen LogP) is 0.932. The van der Waals surface area contributed by atoms with Crippen molar-refractivity contribution < 1.29 is 14.6 Å². The van der Waals surface area contributed by atoms with Gasteiger partial charge in [-0.15, -0.1) is 0 Å². The molecule has 0 aliphatic carbocycles. The smallest absolute Gasteiger partial charge is 0.0788 e. The fraction of sp³-hybridized carbons (Fsp3) is 0.800. The zero-order chi connectivity index (χ0) is 9.26. The summed E-state index contributed by atoms with van der Waals surface area (Å²) in [4.78, 5) is 0. The molecule has 0 aromatic carbocycles. The molecule has 1 N–H and O–H groups in total. The van der Waals surface area contributed by atoms with E-state index in [1.165, 1.54) is 0 Å². The number of methoxy groups -OCH3 is 1. The Morgan fingerprint density at radius 1 is 1.46 bits per heavy atom. The molecule has 2 aliphatic rings. The summed E-state index contributed by atoms with van der Waals surface area (Å²) in [5, 5.41) is 9.20. The van der Waals surface area contributed by atoms with Gasteiger partial charge in [-0.3, -0.25) is 0 Å². The molecule has 2 aliphatic heterocycles. The van der Waals surface area contributed by atoms with Crippen LogP contribution < -0.4 is 0 Å². The summed E-state index contributed by atoms with van der Waals surface area (Å²) < 4.78 is 10.6. The molecule has 0 aromatic rings. The zero-order valence-corrected chi connectivity index (χ0v) is 7.85. The van der Waals surface area contributed by atoms with Crippen LogP contribution in [0.25, 0.3) is 0 Å². The number of fused-ring (bicyclic) bond motifs is 2. The molecule has 2 rings (SSSR count). The van der Waals surface area contributed by atoms with E-state index in [4.69, 9.17) is 9.47 Å². The Balaban J connectivity index is 2.04. The van der Waals surface area contributed by atoms with Gasteiger partial charge in [0.25, 0.3) is 0 Å². The Morgan fingerprint density at radius 3 is 2.92 bits per heavy atom. The first-order chi connectivity index (χ1) is 6.36. The maximum Gasteiger partial charge on any atom is 0.0788 e. The molecule has 13 heavy (non-hydrogen) atoms. The van der Waals surface area contributed by atoms with Gasteiger partial charge in [-0.1, -0.05) is 0 Å². The van der Waals surface area contributed by atoms with Gasteiger partial charge in [0.15, 0.2) is 0 Å². The van der Waals surface area contributed by atoms with Gasteiger partial charge in [0.1, 0.15) is 0 Å². The van der Waals surface area contributed by atoms with Crippen molar-refractivity contribution in [3.8, 4) is 0 Å². The maximum atomic E-state index is 9.20. The van der Waals surface area contributed by atoms with Gasteiger partial charge in [0, 0.05) is 18.4 Å². The van der Waals surface area contributed by atoms with E-state index >= 15 is 0 Å². The quantitative estimate of drug-likeness (QED) is 0.663. The standard InChI is InChI=1S/C10H16O3/c1-12-5-4-7-8(6-11)10-3-2-9(7)13-10/h4-5,7-11H,2-3,6H2,1H3. The van der Waals surface area contributed by atoms with Crippen LogP contribution in [0.4, 0.5) is 0 Å². The summed E-state index contributed by atoms with van der Waals surface area (Å²) in [6.07, 6.45) is 6.53. The normalized spacial score (nSPS) is 43.2. The van der Waals surface area contributed by atoms with Crippen molar-refractivity contribution in [2.24, 2.45) is 11.8 Å². The van der Waals surface area contributed by atoms with Crippen LogP contribution in [0.5, 0.6) is 0 Å². The third kappa shape index (κ3) is 1.46. The SMILES string of the molecule is COC=CC1C2CCC(O2)C1CO. The number of ether oxygens (including phenoxy) is 2. The van der Waals surface area contributed by atoms with Gasteiger partial charge >= 0.3 is 0 Å². The molecule has 2 saturated heterocycles. The Kier molecular flexibility index (Phi) is 2.56. The highest BCUT2D eigenvalue weighted by atomic mass is 16.5. The second-order valence-electron chi connectivity index (χ2n) is 3.78. The lowest BCUT2D eigenvalue weighted by Gasteiger charge is -2.23. The van der Waals surface area contributed by atoms with Crippen molar-refractivity contribution in [3.05, 3.63) is 12.3 Å². The van der Waals surface area contributed by atoms with Crippen LogP contribution in [0.3, 0.4) is 0 Å². The summed E-state index contributed by atoms with van der Waals surface area (Å²) in [6.45, 7) is 0.222. The first-order valence-electron chi connectivity index (χ1n) is 4.82. The second kappa shape index (κ2) is 3.68. The van der Waals surface area contributed by atoms with Crippen molar-refractivity contribution in [2.75, 3.05) is 13.7 Å². The Bertz CT molecular complexity index is 202. The van der Waals surface area contributed by atoms with Crippen molar-refractivity contribution in [1.29, 1.82) is 0 Å². The van der Waals surface area contributed by atoms with Gasteiger partial charge in [-0.05, 0) is 18.9 Å². The van der Waals surface area contributed by atoms with Crippen molar-refractivity contribution in [2.45, 2.75) is 25.0 Å². The van der Waals surface area contributed by atoms with Gasteiger partial charge in [-0.2, -0.15) is 0 Å². The largest absolute Gasteiger partial charge is 0.505 e. The summed E-state index contributed by atoms with van der Waals surface area (Å²) >= 11 is 0.